The first-order valence-corrected chi connectivity index (χ1v) is 4.75. The molecule has 0 aliphatic heterocycles. The van der Waals surface area contributed by atoms with E-state index in [1.54, 1.807) is 12.1 Å². The SMILES string of the molecule is N=c1ccn(CCCCB(O)O)cc1. The third-order valence-corrected chi connectivity index (χ3v) is 2.02. The molecule has 76 valence electrons. The number of rotatable bonds is 5. The van der Waals surface area contributed by atoms with Crippen LogP contribution in [0.4, 0.5) is 0 Å². The van der Waals surface area contributed by atoms with Gasteiger partial charge in [-0.25, -0.2) is 0 Å². The van der Waals surface area contributed by atoms with E-state index in [0.29, 0.717) is 11.7 Å². The molecule has 0 spiro atoms. The molecule has 0 aliphatic carbocycles. The highest BCUT2D eigenvalue weighted by Gasteiger charge is 2.04. The van der Waals surface area contributed by atoms with E-state index in [1.807, 2.05) is 17.0 Å². The maximum Gasteiger partial charge on any atom is 0.451 e. The molecule has 0 fully saturated rings. The summed E-state index contributed by atoms with van der Waals surface area (Å²) in [5, 5.41) is 25.0. The summed E-state index contributed by atoms with van der Waals surface area (Å²) < 4.78 is 1.99. The highest BCUT2D eigenvalue weighted by molar-refractivity contribution is 6.40. The summed E-state index contributed by atoms with van der Waals surface area (Å²) in [6.07, 6.45) is 5.86. The molecule has 0 unspecified atom stereocenters. The van der Waals surface area contributed by atoms with E-state index in [2.05, 4.69) is 0 Å². The molecule has 5 heteroatoms. The van der Waals surface area contributed by atoms with Gasteiger partial charge >= 0.3 is 7.12 Å². The van der Waals surface area contributed by atoms with E-state index in [1.165, 1.54) is 0 Å². The highest BCUT2D eigenvalue weighted by atomic mass is 16.4. The topological polar surface area (TPSA) is 69.2 Å². The summed E-state index contributed by atoms with van der Waals surface area (Å²) in [7, 11) is -1.18. The molecule has 0 aliphatic rings. The van der Waals surface area contributed by atoms with Gasteiger partial charge in [-0.05, 0) is 24.9 Å². The third-order valence-electron chi connectivity index (χ3n) is 2.02. The molecule has 1 aromatic rings. The van der Waals surface area contributed by atoms with Gasteiger partial charge in [0.15, 0.2) is 0 Å². The Morgan fingerprint density at radius 3 is 2.43 bits per heavy atom. The zero-order valence-corrected chi connectivity index (χ0v) is 8.06. The minimum Gasteiger partial charge on any atom is -0.427 e. The molecule has 0 aromatic carbocycles. The molecule has 1 heterocycles. The van der Waals surface area contributed by atoms with Gasteiger partial charge in [-0.2, -0.15) is 0 Å². The molecule has 4 nitrogen and oxygen atoms in total. The minimum absolute atomic E-state index is 0.428. The van der Waals surface area contributed by atoms with Crippen molar-refractivity contribution in [1.29, 1.82) is 5.41 Å². The van der Waals surface area contributed by atoms with Gasteiger partial charge in [-0.3, -0.25) is 0 Å². The molecule has 0 bridgehead atoms. The van der Waals surface area contributed by atoms with Crippen LogP contribution in [0.2, 0.25) is 6.32 Å². The number of hydrogen-bond acceptors (Lipinski definition) is 3. The second kappa shape index (κ2) is 5.62. The van der Waals surface area contributed by atoms with E-state index in [0.717, 1.165) is 19.4 Å². The smallest absolute Gasteiger partial charge is 0.427 e. The average Bonchev–Trinajstić information content (AvgIpc) is 2.15. The van der Waals surface area contributed by atoms with Crippen molar-refractivity contribution in [3.05, 3.63) is 29.9 Å². The second-order valence-corrected chi connectivity index (χ2v) is 3.30. The Morgan fingerprint density at radius 1 is 1.21 bits per heavy atom. The summed E-state index contributed by atoms with van der Waals surface area (Å²) in [6.45, 7) is 0.854. The fourth-order valence-corrected chi connectivity index (χ4v) is 1.23. The Balaban J connectivity index is 2.25. The summed E-state index contributed by atoms with van der Waals surface area (Å²) in [5.41, 5.74) is 0. The number of nitrogens with one attached hydrogen (secondary N) is 1. The van der Waals surface area contributed by atoms with Crippen LogP contribution in [0.15, 0.2) is 24.5 Å². The fraction of sp³-hybridized carbons (Fsp3) is 0.444. The van der Waals surface area contributed by atoms with E-state index in [-0.39, 0.29) is 0 Å². The largest absolute Gasteiger partial charge is 0.451 e. The zero-order valence-electron chi connectivity index (χ0n) is 8.06. The number of nitrogens with zero attached hydrogens (tertiary/aromatic N) is 1. The van der Waals surface area contributed by atoms with Gasteiger partial charge in [0, 0.05) is 18.9 Å². The first-order valence-electron chi connectivity index (χ1n) is 4.75. The van der Waals surface area contributed by atoms with Gasteiger partial charge in [-0.1, -0.05) is 6.42 Å². The Kier molecular flexibility index (Phi) is 4.42. The van der Waals surface area contributed by atoms with Crippen LogP contribution in [0, 0.1) is 5.41 Å². The van der Waals surface area contributed by atoms with Crippen LogP contribution < -0.4 is 5.36 Å². The molecule has 1 rings (SSSR count). The van der Waals surface area contributed by atoms with Crippen LogP contribution >= 0.6 is 0 Å². The predicted molar refractivity (Wildman–Crippen MR) is 54.5 cm³/mol. The number of unbranched alkanes of at least 4 members (excludes halogenated alkanes) is 1. The lowest BCUT2D eigenvalue weighted by molar-refractivity contribution is 0.401. The molecule has 0 saturated heterocycles. The molecule has 0 saturated carbocycles. The summed E-state index contributed by atoms with van der Waals surface area (Å²) in [4.78, 5) is 0. The van der Waals surface area contributed by atoms with Crippen LogP contribution in [-0.4, -0.2) is 21.7 Å². The van der Waals surface area contributed by atoms with Gasteiger partial charge in [0.2, 0.25) is 0 Å². The van der Waals surface area contributed by atoms with Crippen molar-refractivity contribution in [2.75, 3.05) is 0 Å². The first-order chi connectivity index (χ1) is 6.68. The number of aromatic nitrogens is 1. The summed E-state index contributed by atoms with van der Waals surface area (Å²) >= 11 is 0. The average molecular weight is 194 g/mol. The second-order valence-electron chi connectivity index (χ2n) is 3.30. The van der Waals surface area contributed by atoms with E-state index >= 15 is 0 Å². The molecular weight excluding hydrogens is 179 g/mol. The van der Waals surface area contributed by atoms with Gasteiger partial charge in [0.25, 0.3) is 0 Å². The predicted octanol–water partition coefficient (Wildman–Crippen LogP) is 0.221. The lowest BCUT2D eigenvalue weighted by Crippen LogP contribution is -2.10. The Morgan fingerprint density at radius 2 is 1.86 bits per heavy atom. The van der Waals surface area contributed by atoms with Crippen molar-refractivity contribution >= 4 is 7.12 Å². The molecule has 0 amide bonds. The molecule has 3 N–H and O–H groups in total. The van der Waals surface area contributed by atoms with Crippen LogP contribution in [0.5, 0.6) is 0 Å². The van der Waals surface area contributed by atoms with Crippen molar-refractivity contribution in [3.63, 3.8) is 0 Å². The monoisotopic (exact) mass is 194 g/mol. The lowest BCUT2D eigenvalue weighted by Gasteiger charge is -2.05. The van der Waals surface area contributed by atoms with Crippen LogP contribution in [-0.2, 0) is 6.54 Å². The number of pyridine rings is 1. The summed E-state index contributed by atoms with van der Waals surface area (Å²) in [5.74, 6) is 0. The van der Waals surface area contributed by atoms with E-state index in [4.69, 9.17) is 15.5 Å². The van der Waals surface area contributed by atoms with Gasteiger partial charge in [0.05, 0.1) is 5.36 Å². The Bertz CT molecular complexity index is 304. The normalized spacial score (nSPS) is 10.1. The van der Waals surface area contributed by atoms with E-state index in [9.17, 15) is 0 Å². The van der Waals surface area contributed by atoms with Gasteiger partial charge < -0.3 is 20.0 Å². The van der Waals surface area contributed by atoms with Gasteiger partial charge in [-0.15, -0.1) is 0 Å². The maximum absolute atomic E-state index is 8.61. The molecule has 0 radical (unpaired) electrons. The number of aryl methyl sites for hydroxylation is 1. The highest BCUT2D eigenvalue weighted by Crippen LogP contribution is 2.00. The van der Waals surface area contributed by atoms with Crippen LogP contribution in [0.3, 0.4) is 0 Å². The minimum atomic E-state index is -1.18. The fourth-order valence-electron chi connectivity index (χ4n) is 1.23. The van der Waals surface area contributed by atoms with Crippen LogP contribution in [0.25, 0.3) is 0 Å². The van der Waals surface area contributed by atoms with E-state index < -0.39 is 7.12 Å². The molecular formula is C9H15BN2O2. The van der Waals surface area contributed by atoms with Crippen LogP contribution in [0.1, 0.15) is 12.8 Å². The lowest BCUT2D eigenvalue weighted by atomic mass is 9.84. The molecule has 0 atom stereocenters. The standard InChI is InChI=1S/C9H15BN2O2/c11-9-3-7-12(8-4-9)6-2-1-5-10(13)14/h3-4,7-8,11,13-14H,1-2,5-6H2. The van der Waals surface area contributed by atoms with Crippen molar-refractivity contribution in [2.45, 2.75) is 25.7 Å². The Hall–Kier alpha value is -1.07. The van der Waals surface area contributed by atoms with Crippen molar-refractivity contribution in [2.24, 2.45) is 0 Å². The van der Waals surface area contributed by atoms with Crippen molar-refractivity contribution < 1.29 is 10.0 Å². The van der Waals surface area contributed by atoms with Crippen molar-refractivity contribution in [1.82, 2.24) is 4.57 Å². The molecule has 1 aromatic heterocycles. The Labute approximate surface area is 83.5 Å². The molecule has 14 heavy (non-hydrogen) atoms. The summed E-state index contributed by atoms with van der Waals surface area (Å²) in [6, 6.07) is 3.47. The van der Waals surface area contributed by atoms with Gasteiger partial charge in [0.1, 0.15) is 0 Å². The zero-order chi connectivity index (χ0) is 10.4. The first kappa shape index (κ1) is 11.0. The number of hydrogen-bond donors (Lipinski definition) is 3. The maximum atomic E-state index is 8.61. The van der Waals surface area contributed by atoms with Crippen molar-refractivity contribution in [3.8, 4) is 0 Å². The quantitative estimate of drug-likeness (QED) is 0.463. The third kappa shape index (κ3) is 4.25.